The van der Waals surface area contributed by atoms with E-state index in [9.17, 15) is 0 Å². The lowest BCUT2D eigenvalue weighted by Gasteiger charge is -2.31. The molecule has 5 nitrogen and oxygen atoms in total. The van der Waals surface area contributed by atoms with Gasteiger partial charge in [-0.05, 0) is 56.8 Å². The van der Waals surface area contributed by atoms with Gasteiger partial charge in [0.1, 0.15) is 0 Å². The first-order valence-corrected chi connectivity index (χ1v) is 11.7. The quantitative estimate of drug-likeness (QED) is 0.470. The van der Waals surface area contributed by atoms with E-state index in [1.54, 1.807) is 11.8 Å². The smallest absolute Gasteiger partial charge is 0.250 e. The molecule has 3 rings (SSSR count). The molecule has 0 saturated carbocycles. The molecule has 152 valence electrons. The lowest BCUT2D eigenvalue weighted by molar-refractivity contribution is 0.198. The Morgan fingerprint density at radius 2 is 1.79 bits per heavy atom. The molecular weight excluding hydrogens is 437 g/mol. The van der Waals surface area contributed by atoms with Gasteiger partial charge < -0.3 is 10.2 Å². The molecule has 2 heterocycles. The van der Waals surface area contributed by atoms with E-state index in [1.807, 2.05) is 30.5 Å². The number of halogens is 3. The summed E-state index contributed by atoms with van der Waals surface area (Å²) >= 11 is 19.9. The van der Waals surface area contributed by atoms with E-state index in [-0.39, 0.29) is 5.82 Å². The zero-order valence-corrected chi connectivity index (χ0v) is 19.0. The van der Waals surface area contributed by atoms with Crippen LogP contribution in [0.2, 0.25) is 0 Å². The molecule has 1 fully saturated rings. The summed E-state index contributed by atoms with van der Waals surface area (Å²) in [5, 5.41) is 3.33. The Hall–Kier alpha value is -0.790. The lowest BCUT2D eigenvalue weighted by Crippen LogP contribution is -2.35. The van der Waals surface area contributed by atoms with Crippen LogP contribution in [0.25, 0.3) is 11.4 Å². The number of rotatable bonds is 6. The minimum atomic E-state index is -1.71. The molecular formula is C19H24Cl3N5S. The zero-order valence-electron chi connectivity index (χ0n) is 16.0. The van der Waals surface area contributed by atoms with E-state index in [1.165, 1.54) is 0 Å². The topological polar surface area (TPSA) is 53.9 Å². The number of hydrogen-bond donors (Lipinski definition) is 1. The summed E-state index contributed by atoms with van der Waals surface area (Å²) in [4.78, 5) is 16.9. The highest BCUT2D eigenvalue weighted by molar-refractivity contribution is 7.98. The normalized spacial score (nSPS) is 16.3. The van der Waals surface area contributed by atoms with Crippen LogP contribution in [0.15, 0.2) is 29.2 Å². The molecule has 1 saturated heterocycles. The highest BCUT2D eigenvalue weighted by Crippen LogP contribution is 2.37. The molecule has 0 aliphatic carbocycles. The molecule has 1 aromatic carbocycles. The van der Waals surface area contributed by atoms with Crippen molar-refractivity contribution in [1.29, 1.82) is 0 Å². The van der Waals surface area contributed by atoms with Crippen LogP contribution in [-0.2, 0) is 3.79 Å². The van der Waals surface area contributed by atoms with Crippen molar-refractivity contribution < 1.29 is 0 Å². The molecule has 2 aromatic rings. The lowest BCUT2D eigenvalue weighted by atomic mass is 9.97. The summed E-state index contributed by atoms with van der Waals surface area (Å²) < 4.78 is -1.71. The van der Waals surface area contributed by atoms with Gasteiger partial charge in [0.05, 0.1) is 0 Å². The molecule has 1 aliphatic heterocycles. The van der Waals surface area contributed by atoms with Gasteiger partial charge in [-0.2, -0.15) is 9.97 Å². The first-order chi connectivity index (χ1) is 13.4. The monoisotopic (exact) mass is 459 g/mol. The maximum atomic E-state index is 6.06. The van der Waals surface area contributed by atoms with E-state index < -0.39 is 3.79 Å². The third-order valence-corrected chi connectivity index (χ3v) is 6.19. The molecule has 0 amide bonds. The van der Waals surface area contributed by atoms with Crippen molar-refractivity contribution in [2.24, 2.45) is 5.92 Å². The minimum absolute atomic E-state index is 0.125. The average Bonchev–Trinajstić information content (AvgIpc) is 2.72. The zero-order chi connectivity index (χ0) is 20.1. The van der Waals surface area contributed by atoms with Crippen LogP contribution in [0.5, 0.6) is 0 Å². The van der Waals surface area contributed by atoms with Gasteiger partial charge in [0.15, 0.2) is 11.6 Å². The van der Waals surface area contributed by atoms with Crippen LogP contribution >= 0.6 is 46.6 Å². The van der Waals surface area contributed by atoms with E-state index in [0.29, 0.717) is 17.7 Å². The van der Waals surface area contributed by atoms with Gasteiger partial charge in [0, 0.05) is 17.0 Å². The Balaban J connectivity index is 1.78. The number of aromatic nitrogens is 3. The first-order valence-electron chi connectivity index (χ1n) is 9.33. The Kier molecular flexibility index (Phi) is 7.67. The summed E-state index contributed by atoms with van der Waals surface area (Å²) in [6, 6.07) is 7.97. The van der Waals surface area contributed by atoms with Crippen molar-refractivity contribution in [2.75, 3.05) is 37.8 Å². The molecule has 0 spiro atoms. The minimum Gasteiger partial charge on any atom is -0.354 e. The standard InChI is InChI=1S/C19H24Cl3N5S/c1-3-27-10-8-13(9-11-27)12-23-18-25-16(24-17(26-18)19(20,21)22)14-4-6-15(28-2)7-5-14/h4-7,13H,3,8-12H2,1-2H3,(H,23,24,25,26). The third-order valence-electron chi connectivity index (χ3n) is 4.94. The van der Waals surface area contributed by atoms with Crippen LogP contribution in [0.1, 0.15) is 25.6 Å². The van der Waals surface area contributed by atoms with Gasteiger partial charge in [-0.15, -0.1) is 11.8 Å². The highest BCUT2D eigenvalue weighted by atomic mass is 35.6. The molecule has 0 bridgehead atoms. The van der Waals surface area contributed by atoms with E-state index in [2.05, 4.69) is 32.1 Å². The van der Waals surface area contributed by atoms with Gasteiger partial charge in [-0.25, -0.2) is 4.98 Å². The number of likely N-dealkylation sites (tertiary alicyclic amines) is 1. The van der Waals surface area contributed by atoms with E-state index in [4.69, 9.17) is 34.8 Å². The Morgan fingerprint density at radius 1 is 1.11 bits per heavy atom. The molecule has 1 N–H and O–H groups in total. The van der Waals surface area contributed by atoms with Gasteiger partial charge in [0.2, 0.25) is 9.74 Å². The number of hydrogen-bond acceptors (Lipinski definition) is 6. The van der Waals surface area contributed by atoms with E-state index >= 15 is 0 Å². The van der Waals surface area contributed by atoms with Crippen molar-refractivity contribution in [3.63, 3.8) is 0 Å². The fourth-order valence-electron chi connectivity index (χ4n) is 3.19. The second-order valence-corrected chi connectivity index (χ2v) is 9.95. The number of alkyl halides is 3. The largest absolute Gasteiger partial charge is 0.354 e. The number of benzene rings is 1. The summed E-state index contributed by atoms with van der Waals surface area (Å²) in [6.45, 7) is 6.37. The van der Waals surface area contributed by atoms with Crippen LogP contribution < -0.4 is 5.32 Å². The van der Waals surface area contributed by atoms with Gasteiger partial charge in [0.25, 0.3) is 0 Å². The maximum Gasteiger partial charge on any atom is 0.250 e. The molecule has 0 atom stereocenters. The van der Waals surface area contributed by atoms with E-state index in [0.717, 1.165) is 49.5 Å². The molecule has 9 heteroatoms. The molecule has 1 aliphatic rings. The third kappa shape index (κ3) is 5.86. The number of nitrogens with one attached hydrogen (secondary N) is 1. The number of thioether (sulfide) groups is 1. The van der Waals surface area contributed by atoms with Crippen LogP contribution in [-0.4, -0.2) is 52.3 Å². The number of piperidine rings is 1. The fraction of sp³-hybridized carbons (Fsp3) is 0.526. The Morgan fingerprint density at radius 3 is 2.36 bits per heavy atom. The summed E-state index contributed by atoms with van der Waals surface area (Å²) in [6.07, 6.45) is 4.35. The van der Waals surface area contributed by atoms with Crippen LogP contribution in [0.3, 0.4) is 0 Å². The van der Waals surface area contributed by atoms with Crippen molar-refractivity contribution in [2.45, 2.75) is 28.5 Å². The van der Waals surface area contributed by atoms with Crippen molar-refractivity contribution in [3.8, 4) is 11.4 Å². The Bertz CT molecular complexity index is 774. The first kappa shape index (κ1) is 21.9. The summed E-state index contributed by atoms with van der Waals surface area (Å²) in [7, 11) is 0. The van der Waals surface area contributed by atoms with Crippen molar-refractivity contribution in [3.05, 3.63) is 30.1 Å². The second kappa shape index (κ2) is 9.81. The molecule has 0 radical (unpaired) electrons. The van der Waals surface area contributed by atoms with Crippen molar-refractivity contribution >= 4 is 52.5 Å². The maximum absolute atomic E-state index is 6.06. The molecule has 1 aromatic heterocycles. The average molecular weight is 461 g/mol. The number of anilines is 1. The number of nitrogens with zero attached hydrogens (tertiary/aromatic N) is 4. The summed E-state index contributed by atoms with van der Waals surface area (Å²) in [5.74, 6) is 1.64. The predicted molar refractivity (Wildman–Crippen MR) is 120 cm³/mol. The molecule has 28 heavy (non-hydrogen) atoms. The van der Waals surface area contributed by atoms with Gasteiger partial charge in [-0.3, -0.25) is 0 Å². The van der Waals surface area contributed by atoms with Crippen LogP contribution in [0.4, 0.5) is 5.95 Å². The Labute approximate surface area is 185 Å². The van der Waals surface area contributed by atoms with Gasteiger partial charge in [-0.1, -0.05) is 53.9 Å². The van der Waals surface area contributed by atoms with Crippen molar-refractivity contribution in [1.82, 2.24) is 19.9 Å². The highest BCUT2D eigenvalue weighted by Gasteiger charge is 2.29. The summed E-state index contributed by atoms with van der Waals surface area (Å²) in [5.41, 5.74) is 0.856. The van der Waals surface area contributed by atoms with Gasteiger partial charge >= 0.3 is 0 Å². The fourth-order valence-corrected chi connectivity index (χ4v) is 3.86. The molecule has 0 unspecified atom stereocenters. The van der Waals surface area contributed by atoms with Crippen LogP contribution in [0, 0.1) is 5.92 Å². The second-order valence-electron chi connectivity index (χ2n) is 6.79. The SMILES string of the molecule is CCN1CCC(CNc2nc(-c3ccc(SC)cc3)nc(C(Cl)(Cl)Cl)n2)CC1. The predicted octanol–water partition coefficient (Wildman–Crippen LogP) is 5.23.